The van der Waals surface area contributed by atoms with E-state index in [1.807, 2.05) is 0 Å². The molecule has 1 aliphatic rings. The number of nitrogens with one attached hydrogen (secondary N) is 1. The summed E-state index contributed by atoms with van der Waals surface area (Å²) >= 11 is 4.50. The SMILES string of the molecule is NC1=CN(Br)NS1. The van der Waals surface area contributed by atoms with E-state index >= 15 is 0 Å². The van der Waals surface area contributed by atoms with Crippen LogP contribution in [0.2, 0.25) is 0 Å². The fourth-order valence-electron chi connectivity index (χ4n) is 0.261. The molecule has 0 aliphatic carbocycles. The smallest absolute Gasteiger partial charge is 0.101 e. The molecule has 0 aromatic carbocycles. The summed E-state index contributed by atoms with van der Waals surface area (Å²) in [5.41, 5.74) is 5.32. The number of hydrogen-bond donors (Lipinski definition) is 2. The largest absolute Gasteiger partial charge is 0.391 e. The standard InChI is InChI=1S/C2H4BrN3S/c3-6-1-2(4)7-5-6/h1,5H,4H2. The van der Waals surface area contributed by atoms with Crippen molar-refractivity contribution in [3.05, 3.63) is 11.2 Å². The topological polar surface area (TPSA) is 41.3 Å². The van der Waals surface area contributed by atoms with Gasteiger partial charge < -0.3 is 5.73 Å². The maximum atomic E-state index is 5.32. The summed E-state index contributed by atoms with van der Waals surface area (Å²) in [6.45, 7) is 0. The zero-order chi connectivity index (χ0) is 5.28. The third-order valence-electron chi connectivity index (χ3n) is 0.491. The van der Waals surface area contributed by atoms with Gasteiger partial charge in [-0.25, -0.2) is 4.03 Å². The van der Waals surface area contributed by atoms with Crippen molar-refractivity contribution >= 4 is 28.1 Å². The number of nitrogens with zero attached hydrogens (tertiary/aromatic N) is 1. The van der Waals surface area contributed by atoms with E-state index in [1.165, 1.54) is 11.9 Å². The van der Waals surface area contributed by atoms with Gasteiger partial charge in [0.15, 0.2) is 0 Å². The molecule has 3 N–H and O–H groups in total. The van der Waals surface area contributed by atoms with Crippen LogP contribution in [0.1, 0.15) is 0 Å². The van der Waals surface area contributed by atoms with Crippen LogP contribution >= 0.6 is 28.1 Å². The average Bonchev–Trinajstić information content (AvgIpc) is 1.87. The minimum Gasteiger partial charge on any atom is -0.391 e. The van der Waals surface area contributed by atoms with E-state index in [0.29, 0.717) is 0 Å². The van der Waals surface area contributed by atoms with Crippen molar-refractivity contribution in [1.82, 2.24) is 8.87 Å². The first-order valence-corrected chi connectivity index (χ1v) is 3.16. The van der Waals surface area contributed by atoms with E-state index in [-0.39, 0.29) is 0 Å². The van der Waals surface area contributed by atoms with Crippen LogP contribution in [0.25, 0.3) is 0 Å². The second-order valence-electron chi connectivity index (χ2n) is 1.04. The minimum atomic E-state index is 0.761. The summed E-state index contributed by atoms with van der Waals surface area (Å²) in [7, 11) is 0. The van der Waals surface area contributed by atoms with Crippen molar-refractivity contribution in [3.63, 3.8) is 0 Å². The molecule has 7 heavy (non-hydrogen) atoms. The normalized spacial score (nSPS) is 20.1. The van der Waals surface area contributed by atoms with E-state index in [2.05, 4.69) is 21.0 Å². The maximum Gasteiger partial charge on any atom is 0.101 e. The Morgan fingerprint density at radius 3 is 2.86 bits per heavy atom. The molecule has 0 saturated heterocycles. The molecule has 0 saturated carbocycles. The van der Waals surface area contributed by atoms with Crippen LogP contribution in [0, 0.1) is 0 Å². The van der Waals surface area contributed by atoms with Crippen LogP contribution in [0.3, 0.4) is 0 Å². The van der Waals surface area contributed by atoms with Crippen LogP contribution in [0.5, 0.6) is 0 Å². The first-order valence-electron chi connectivity index (χ1n) is 1.64. The van der Waals surface area contributed by atoms with E-state index < -0.39 is 0 Å². The summed E-state index contributed by atoms with van der Waals surface area (Å²) in [6.07, 6.45) is 1.74. The van der Waals surface area contributed by atoms with Gasteiger partial charge in [0.05, 0.1) is 22.3 Å². The number of rotatable bonds is 0. The summed E-state index contributed by atoms with van der Waals surface area (Å²) in [5, 5.41) is 0.761. The molecule has 40 valence electrons. The highest BCUT2D eigenvalue weighted by molar-refractivity contribution is 9.07. The van der Waals surface area contributed by atoms with E-state index in [0.717, 1.165) is 5.03 Å². The lowest BCUT2D eigenvalue weighted by atomic mass is 10.9. The minimum absolute atomic E-state index is 0.761. The molecule has 5 heteroatoms. The monoisotopic (exact) mass is 181 g/mol. The van der Waals surface area contributed by atoms with Crippen molar-refractivity contribution in [2.24, 2.45) is 5.73 Å². The van der Waals surface area contributed by atoms with Gasteiger partial charge in [-0.1, -0.05) is 0 Å². The molecule has 1 heterocycles. The molecular formula is C2H4BrN3S. The molecular weight excluding hydrogens is 178 g/mol. The van der Waals surface area contributed by atoms with Crippen LogP contribution < -0.4 is 10.6 Å². The summed E-state index contributed by atoms with van der Waals surface area (Å²) in [6, 6.07) is 0. The lowest BCUT2D eigenvalue weighted by Gasteiger charge is -1.98. The molecule has 1 rings (SSSR count). The van der Waals surface area contributed by atoms with Gasteiger partial charge in [-0.3, -0.25) is 0 Å². The van der Waals surface area contributed by atoms with Gasteiger partial charge in [0, 0.05) is 0 Å². The predicted octanol–water partition coefficient (Wildman–Crippen LogP) is 0.522. The van der Waals surface area contributed by atoms with Crippen molar-refractivity contribution in [2.45, 2.75) is 0 Å². The van der Waals surface area contributed by atoms with Crippen LogP contribution in [-0.2, 0) is 0 Å². The Hall–Kier alpha value is 0.130. The highest BCUT2D eigenvalue weighted by atomic mass is 79.9. The maximum absolute atomic E-state index is 5.32. The molecule has 0 spiro atoms. The first kappa shape index (κ1) is 5.27. The van der Waals surface area contributed by atoms with Crippen LogP contribution in [-0.4, -0.2) is 4.03 Å². The summed E-state index contributed by atoms with van der Waals surface area (Å²) in [4.78, 5) is 2.82. The molecule has 0 unspecified atom stereocenters. The van der Waals surface area contributed by atoms with E-state index in [1.54, 1.807) is 10.2 Å². The molecule has 0 bridgehead atoms. The Bertz CT molecular complexity index is 103. The van der Waals surface area contributed by atoms with Crippen LogP contribution in [0.15, 0.2) is 11.2 Å². The molecule has 0 fully saturated rings. The molecule has 3 nitrogen and oxygen atoms in total. The Balaban J connectivity index is 2.50. The average molecular weight is 182 g/mol. The highest BCUT2D eigenvalue weighted by Crippen LogP contribution is 2.16. The van der Waals surface area contributed by atoms with Gasteiger partial charge in [0.2, 0.25) is 0 Å². The lowest BCUT2D eigenvalue weighted by Crippen LogP contribution is -2.09. The first-order chi connectivity index (χ1) is 3.29. The number of hydrazine groups is 1. The second-order valence-corrected chi connectivity index (χ2v) is 2.66. The summed E-state index contributed by atoms with van der Waals surface area (Å²) in [5.74, 6) is 0. The number of nitrogens with two attached hydrogens (primary N) is 1. The zero-order valence-electron chi connectivity index (χ0n) is 3.39. The van der Waals surface area contributed by atoms with Gasteiger partial charge in [0.1, 0.15) is 5.03 Å². The molecule has 1 aliphatic heterocycles. The van der Waals surface area contributed by atoms with Gasteiger partial charge >= 0.3 is 0 Å². The second kappa shape index (κ2) is 1.94. The molecule has 0 radical (unpaired) electrons. The van der Waals surface area contributed by atoms with E-state index in [4.69, 9.17) is 5.73 Å². The fourth-order valence-corrected chi connectivity index (χ4v) is 1.24. The molecule has 0 amide bonds. The van der Waals surface area contributed by atoms with Crippen molar-refractivity contribution < 1.29 is 0 Å². The van der Waals surface area contributed by atoms with Crippen molar-refractivity contribution in [2.75, 3.05) is 0 Å². The zero-order valence-corrected chi connectivity index (χ0v) is 5.79. The number of halogens is 1. The lowest BCUT2D eigenvalue weighted by molar-refractivity contribution is 0.640. The van der Waals surface area contributed by atoms with Gasteiger partial charge in [-0.05, 0) is 11.9 Å². The van der Waals surface area contributed by atoms with Gasteiger partial charge in [-0.2, -0.15) is 4.83 Å². The molecule has 0 aromatic rings. The fraction of sp³-hybridized carbons (Fsp3) is 0. The summed E-state index contributed by atoms with van der Waals surface area (Å²) < 4.78 is 1.62. The van der Waals surface area contributed by atoms with Crippen LogP contribution in [0.4, 0.5) is 0 Å². The Kier molecular flexibility index (Phi) is 1.46. The Morgan fingerprint density at radius 2 is 2.71 bits per heavy atom. The molecule has 0 atom stereocenters. The third-order valence-corrected chi connectivity index (χ3v) is 1.74. The van der Waals surface area contributed by atoms with Crippen molar-refractivity contribution in [3.8, 4) is 0 Å². The molecule has 0 aromatic heterocycles. The van der Waals surface area contributed by atoms with Gasteiger partial charge in [-0.15, -0.1) is 0 Å². The van der Waals surface area contributed by atoms with Crippen molar-refractivity contribution in [1.29, 1.82) is 0 Å². The Labute approximate surface area is 54.4 Å². The van der Waals surface area contributed by atoms with E-state index in [9.17, 15) is 0 Å². The highest BCUT2D eigenvalue weighted by Gasteiger charge is 2.03. The van der Waals surface area contributed by atoms with Gasteiger partial charge in [0.25, 0.3) is 0 Å². The predicted molar refractivity (Wildman–Crippen MR) is 33.8 cm³/mol. The number of hydrogen-bond acceptors (Lipinski definition) is 4. The third kappa shape index (κ3) is 1.25. The Morgan fingerprint density at radius 1 is 2.00 bits per heavy atom. The quantitative estimate of drug-likeness (QED) is 0.423.